The molecule has 1 aliphatic carbocycles. The van der Waals surface area contributed by atoms with Gasteiger partial charge in [-0.25, -0.2) is 0 Å². The molecule has 2 nitrogen and oxygen atoms in total. The molecule has 1 aliphatic rings. The van der Waals surface area contributed by atoms with E-state index in [0.717, 1.165) is 19.3 Å². The Kier molecular flexibility index (Phi) is 2.43. The van der Waals surface area contributed by atoms with Gasteiger partial charge in [-0.05, 0) is 18.8 Å². The van der Waals surface area contributed by atoms with Gasteiger partial charge in [0.25, 0.3) is 0 Å². The summed E-state index contributed by atoms with van der Waals surface area (Å²) >= 11 is 5.67. The van der Waals surface area contributed by atoms with Crippen LogP contribution in [-0.4, -0.2) is 17.0 Å². The average molecular weight is 177 g/mol. The maximum atomic E-state index is 10.9. The van der Waals surface area contributed by atoms with Crippen LogP contribution in [0.5, 0.6) is 0 Å². The van der Waals surface area contributed by atoms with Crippen LogP contribution >= 0.6 is 11.6 Å². The van der Waals surface area contributed by atoms with Crippen LogP contribution in [0.1, 0.15) is 26.2 Å². The molecule has 1 saturated carbocycles. The Bertz CT molecular complexity index is 169. The molecule has 0 spiro atoms. The number of carbonyl (C=O) groups is 1. The molecule has 1 rings (SSSR count). The number of carboxylic acid groups (broad SMARTS) is 1. The number of alkyl halides is 1. The van der Waals surface area contributed by atoms with Gasteiger partial charge in [-0.3, -0.25) is 4.79 Å². The van der Waals surface area contributed by atoms with Crippen molar-refractivity contribution < 1.29 is 9.90 Å². The monoisotopic (exact) mass is 176 g/mol. The van der Waals surface area contributed by atoms with E-state index in [1.165, 1.54) is 0 Å². The molecular weight excluding hydrogens is 164 g/mol. The van der Waals surface area contributed by atoms with Crippen molar-refractivity contribution >= 4 is 17.6 Å². The summed E-state index contributed by atoms with van der Waals surface area (Å²) < 4.78 is 0. The van der Waals surface area contributed by atoms with Crippen molar-refractivity contribution in [1.29, 1.82) is 0 Å². The third kappa shape index (κ3) is 1.24. The fraction of sp³-hybridized carbons (Fsp3) is 0.875. The third-order valence-electron chi connectivity index (χ3n) is 2.87. The lowest BCUT2D eigenvalue weighted by Crippen LogP contribution is -2.35. The lowest BCUT2D eigenvalue weighted by Gasteiger charge is -2.25. The van der Waals surface area contributed by atoms with Crippen molar-refractivity contribution in [3.05, 3.63) is 0 Å². The van der Waals surface area contributed by atoms with E-state index in [4.69, 9.17) is 16.7 Å². The minimum atomic E-state index is -0.725. The Hall–Kier alpha value is -0.240. The zero-order chi connectivity index (χ0) is 8.48. The predicted octanol–water partition coefficient (Wildman–Crippen LogP) is 2.12. The molecule has 0 aromatic heterocycles. The smallest absolute Gasteiger partial charge is 0.311 e. The van der Waals surface area contributed by atoms with Gasteiger partial charge in [0.1, 0.15) is 0 Å². The van der Waals surface area contributed by atoms with E-state index < -0.39 is 11.4 Å². The normalized spacial score (nSPS) is 37.5. The molecule has 0 aromatic carbocycles. The molecule has 1 fully saturated rings. The summed E-state index contributed by atoms with van der Waals surface area (Å²) in [7, 11) is 0. The fourth-order valence-electron chi connectivity index (χ4n) is 1.82. The Labute approximate surface area is 71.5 Å². The van der Waals surface area contributed by atoms with E-state index in [1.54, 1.807) is 0 Å². The SMILES string of the molecule is C[C@@H]1CCCC1(CCl)C(=O)O. The Balaban J connectivity index is 2.82. The quantitative estimate of drug-likeness (QED) is 0.655. The van der Waals surface area contributed by atoms with Crippen LogP contribution in [0.3, 0.4) is 0 Å². The van der Waals surface area contributed by atoms with Gasteiger partial charge < -0.3 is 5.11 Å². The second-order valence-electron chi connectivity index (χ2n) is 3.39. The first-order valence-electron chi connectivity index (χ1n) is 3.93. The van der Waals surface area contributed by atoms with Crippen LogP contribution in [0.2, 0.25) is 0 Å². The highest BCUT2D eigenvalue weighted by Crippen LogP contribution is 2.44. The highest BCUT2D eigenvalue weighted by molar-refractivity contribution is 6.19. The molecule has 0 amide bonds. The second-order valence-corrected chi connectivity index (χ2v) is 3.66. The largest absolute Gasteiger partial charge is 0.481 e. The lowest BCUT2D eigenvalue weighted by molar-refractivity contribution is -0.149. The molecule has 0 saturated heterocycles. The van der Waals surface area contributed by atoms with Crippen molar-refractivity contribution in [2.45, 2.75) is 26.2 Å². The Morgan fingerprint density at radius 3 is 2.64 bits per heavy atom. The number of aliphatic carboxylic acids is 1. The maximum absolute atomic E-state index is 10.9. The second kappa shape index (κ2) is 3.02. The number of hydrogen-bond donors (Lipinski definition) is 1. The van der Waals surface area contributed by atoms with Crippen LogP contribution in [0.15, 0.2) is 0 Å². The van der Waals surface area contributed by atoms with Crippen LogP contribution in [0.25, 0.3) is 0 Å². The van der Waals surface area contributed by atoms with E-state index in [-0.39, 0.29) is 11.8 Å². The zero-order valence-corrected chi connectivity index (χ0v) is 7.40. The molecule has 0 heterocycles. The summed E-state index contributed by atoms with van der Waals surface area (Å²) in [4.78, 5) is 10.9. The molecule has 64 valence electrons. The molecule has 3 heteroatoms. The highest BCUT2D eigenvalue weighted by atomic mass is 35.5. The van der Waals surface area contributed by atoms with Gasteiger partial charge in [-0.15, -0.1) is 11.6 Å². The molecule has 0 radical (unpaired) electrons. The highest BCUT2D eigenvalue weighted by Gasteiger charge is 2.46. The fourth-order valence-corrected chi connectivity index (χ4v) is 2.33. The van der Waals surface area contributed by atoms with Gasteiger partial charge in [0.05, 0.1) is 5.41 Å². The molecular formula is C8H13ClO2. The Morgan fingerprint density at radius 1 is 1.82 bits per heavy atom. The molecule has 1 unspecified atom stereocenters. The zero-order valence-electron chi connectivity index (χ0n) is 6.64. The lowest BCUT2D eigenvalue weighted by atomic mass is 9.81. The molecule has 11 heavy (non-hydrogen) atoms. The van der Waals surface area contributed by atoms with E-state index in [2.05, 4.69) is 0 Å². The standard InChI is InChI=1S/C8H13ClO2/c1-6-3-2-4-8(6,5-9)7(10)11/h6H,2-5H2,1H3,(H,10,11)/t6-,8?/m1/s1. The minimum Gasteiger partial charge on any atom is -0.481 e. The molecule has 0 aliphatic heterocycles. The van der Waals surface area contributed by atoms with Gasteiger partial charge in [0.15, 0.2) is 0 Å². The summed E-state index contributed by atoms with van der Waals surface area (Å²) in [6.45, 7) is 1.98. The average Bonchev–Trinajstić information content (AvgIpc) is 2.32. The Morgan fingerprint density at radius 2 is 2.45 bits per heavy atom. The maximum Gasteiger partial charge on any atom is 0.311 e. The van der Waals surface area contributed by atoms with Gasteiger partial charge in [-0.1, -0.05) is 13.3 Å². The number of hydrogen-bond acceptors (Lipinski definition) is 1. The topological polar surface area (TPSA) is 37.3 Å². The number of rotatable bonds is 2. The first-order chi connectivity index (χ1) is 5.13. The summed E-state index contributed by atoms with van der Waals surface area (Å²) in [6, 6.07) is 0. The summed E-state index contributed by atoms with van der Waals surface area (Å²) in [5, 5.41) is 8.95. The predicted molar refractivity (Wildman–Crippen MR) is 43.8 cm³/mol. The van der Waals surface area contributed by atoms with Crippen LogP contribution in [0.4, 0.5) is 0 Å². The van der Waals surface area contributed by atoms with Gasteiger partial charge in [-0.2, -0.15) is 0 Å². The third-order valence-corrected chi connectivity index (χ3v) is 3.34. The van der Waals surface area contributed by atoms with Crippen molar-refractivity contribution in [2.24, 2.45) is 11.3 Å². The number of carboxylic acids is 1. The minimum absolute atomic E-state index is 0.234. The summed E-state index contributed by atoms with van der Waals surface area (Å²) in [6.07, 6.45) is 2.74. The van der Waals surface area contributed by atoms with Gasteiger partial charge in [0, 0.05) is 5.88 Å². The first kappa shape index (κ1) is 8.85. The van der Waals surface area contributed by atoms with E-state index >= 15 is 0 Å². The summed E-state index contributed by atoms with van der Waals surface area (Å²) in [5.41, 5.74) is -0.623. The van der Waals surface area contributed by atoms with E-state index in [0.29, 0.717) is 0 Å². The van der Waals surface area contributed by atoms with Crippen LogP contribution in [-0.2, 0) is 4.79 Å². The van der Waals surface area contributed by atoms with Crippen LogP contribution in [0, 0.1) is 11.3 Å². The van der Waals surface area contributed by atoms with E-state index in [9.17, 15) is 4.79 Å². The first-order valence-corrected chi connectivity index (χ1v) is 4.46. The van der Waals surface area contributed by atoms with E-state index in [1.807, 2.05) is 6.92 Å². The number of halogens is 1. The van der Waals surface area contributed by atoms with Crippen molar-refractivity contribution in [3.63, 3.8) is 0 Å². The van der Waals surface area contributed by atoms with Gasteiger partial charge >= 0.3 is 5.97 Å². The van der Waals surface area contributed by atoms with Gasteiger partial charge in [0.2, 0.25) is 0 Å². The molecule has 0 aromatic rings. The van der Waals surface area contributed by atoms with Crippen molar-refractivity contribution in [2.75, 3.05) is 5.88 Å². The molecule has 0 bridgehead atoms. The van der Waals surface area contributed by atoms with Crippen LogP contribution < -0.4 is 0 Å². The molecule has 1 N–H and O–H groups in total. The molecule has 2 atom stereocenters. The summed E-state index contributed by atoms with van der Waals surface area (Å²) in [5.74, 6) is -0.237. The van der Waals surface area contributed by atoms with Crippen molar-refractivity contribution in [1.82, 2.24) is 0 Å². The van der Waals surface area contributed by atoms with Crippen molar-refractivity contribution in [3.8, 4) is 0 Å².